The van der Waals surface area contributed by atoms with Gasteiger partial charge >= 0.3 is 0 Å². The van der Waals surface area contributed by atoms with Crippen molar-refractivity contribution in [3.63, 3.8) is 0 Å². The van der Waals surface area contributed by atoms with Crippen molar-refractivity contribution in [2.24, 2.45) is 15.3 Å². The Morgan fingerprint density at radius 1 is 0.955 bits per heavy atom. The van der Waals surface area contributed by atoms with Crippen LogP contribution in [0.1, 0.15) is 18.1 Å². The lowest BCUT2D eigenvalue weighted by Crippen LogP contribution is -1.84. The minimum atomic E-state index is 0.0330. The molecule has 0 spiro atoms. The second-order valence-corrected chi connectivity index (χ2v) is 4.80. The summed E-state index contributed by atoms with van der Waals surface area (Å²) in [6, 6.07) is 12.5. The summed E-state index contributed by atoms with van der Waals surface area (Å²) in [6.07, 6.45) is 3.64. The van der Waals surface area contributed by atoms with Gasteiger partial charge in [-0.1, -0.05) is 30.3 Å². The smallest absolute Gasteiger partial charge is 0.137 e. The van der Waals surface area contributed by atoms with E-state index in [-0.39, 0.29) is 11.4 Å². The first-order valence-electron chi connectivity index (χ1n) is 6.74. The highest BCUT2D eigenvalue weighted by Crippen LogP contribution is 2.28. The van der Waals surface area contributed by atoms with Gasteiger partial charge < -0.3 is 0 Å². The van der Waals surface area contributed by atoms with E-state index in [0.29, 0.717) is 0 Å². The van der Waals surface area contributed by atoms with Gasteiger partial charge in [0.2, 0.25) is 0 Å². The molecule has 0 fully saturated rings. The fourth-order valence-electron chi connectivity index (χ4n) is 1.93. The van der Waals surface area contributed by atoms with Crippen molar-refractivity contribution in [3.8, 4) is 0 Å². The van der Waals surface area contributed by atoms with Crippen molar-refractivity contribution < 1.29 is 0 Å². The van der Waals surface area contributed by atoms with Gasteiger partial charge in [-0.25, -0.2) is 0 Å². The third kappa shape index (κ3) is 3.79. The molecule has 5 heteroatoms. The summed E-state index contributed by atoms with van der Waals surface area (Å²) in [5.74, 6) is 0. The Morgan fingerprint density at radius 3 is 2.36 bits per heavy atom. The summed E-state index contributed by atoms with van der Waals surface area (Å²) in [4.78, 5) is 25.7. The number of nitrogens with zero attached hydrogens (tertiary/aromatic N) is 3. The van der Waals surface area contributed by atoms with E-state index < -0.39 is 0 Å². The third-order valence-corrected chi connectivity index (χ3v) is 3.13. The van der Waals surface area contributed by atoms with E-state index in [0.717, 1.165) is 22.5 Å². The maximum Gasteiger partial charge on any atom is 0.137 e. The lowest BCUT2D eigenvalue weighted by molar-refractivity contribution is 1.39. The van der Waals surface area contributed by atoms with Crippen LogP contribution in [-0.4, -0.2) is 5.71 Å². The second kappa shape index (κ2) is 7.17. The minimum absolute atomic E-state index is 0.0330. The van der Waals surface area contributed by atoms with E-state index >= 15 is 0 Å². The van der Waals surface area contributed by atoms with Crippen LogP contribution in [0.5, 0.6) is 0 Å². The fraction of sp³-hybridized carbons (Fsp3) is 0.118. The van der Waals surface area contributed by atoms with Crippen LogP contribution >= 0.6 is 0 Å². The van der Waals surface area contributed by atoms with E-state index in [9.17, 15) is 9.81 Å². The van der Waals surface area contributed by atoms with Crippen LogP contribution < -0.4 is 0 Å². The molecule has 0 radical (unpaired) electrons. The summed E-state index contributed by atoms with van der Waals surface area (Å²) >= 11 is 0. The standard InChI is InChI=1S/C17H15N3O2/c1-12-5-3-4-6-15(12)18-13(2)7-8-14-9-10-16(19-21)17(11-14)20-22/h3-11H,1-2H3/b8-7+,18-13?. The van der Waals surface area contributed by atoms with E-state index in [1.807, 2.05) is 44.2 Å². The number of benzene rings is 2. The maximum absolute atomic E-state index is 10.7. The van der Waals surface area contributed by atoms with Crippen molar-refractivity contribution >= 4 is 28.8 Å². The monoisotopic (exact) mass is 293 g/mol. The van der Waals surface area contributed by atoms with Crippen LogP contribution in [0.25, 0.3) is 6.08 Å². The third-order valence-electron chi connectivity index (χ3n) is 3.13. The SMILES string of the molecule is CC(/C=C/c1ccc(N=O)c(N=O)c1)=Nc1ccccc1C. The molecular formula is C17H15N3O2. The van der Waals surface area contributed by atoms with Gasteiger partial charge in [-0.05, 0) is 59.6 Å². The zero-order chi connectivity index (χ0) is 15.9. The Hall–Kier alpha value is -2.95. The van der Waals surface area contributed by atoms with Gasteiger partial charge in [0.15, 0.2) is 0 Å². The zero-order valence-corrected chi connectivity index (χ0v) is 12.4. The molecule has 0 heterocycles. The van der Waals surface area contributed by atoms with Crippen LogP contribution in [0.2, 0.25) is 0 Å². The quantitative estimate of drug-likeness (QED) is 0.532. The van der Waals surface area contributed by atoms with Gasteiger partial charge in [0.05, 0.1) is 5.69 Å². The molecule has 2 aromatic rings. The van der Waals surface area contributed by atoms with E-state index in [1.54, 1.807) is 12.1 Å². The van der Waals surface area contributed by atoms with Gasteiger partial charge in [-0.2, -0.15) is 0 Å². The molecule has 0 aliphatic heterocycles. The first-order chi connectivity index (χ1) is 10.6. The number of hydrogen-bond acceptors (Lipinski definition) is 5. The predicted molar refractivity (Wildman–Crippen MR) is 90.3 cm³/mol. The van der Waals surface area contributed by atoms with Crippen LogP contribution in [0.15, 0.2) is 63.9 Å². The first kappa shape index (κ1) is 15.4. The number of rotatable bonds is 5. The lowest BCUT2D eigenvalue weighted by Gasteiger charge is -2.00. The number of aryl methyl sites for hydroxylation is 1. The molecule has 22 heavy (non-hydrogen) atoms. The average molecular weight is 293 g/mol. The maximum atomic E-state index is 10.7. The molecule has 0 unspecified atom stereocenters. The van der Waals surface area contributed by atoms with Crippen LogP contribution in [0.4, 0.5) is 17.1 Å². The van der Waals surface area contributed by atoms with E-state index in [4.69, 9.17) is 0 Å². The molecule has 2 rings (SSSR count). The van der Waals surface area contributed by atoms with Crippen molar-refractivity contribution in [2.75, 3.05) is 0 Å². The molecule has 0 aliphatic carbocycles. The van der Waals surface area contributed by atoms with Crippen molar-refractivity contribution in [1.29, 1.82) is 0 Å². The topological polar surface area (TPSA) is 71.2 Å². The molecule has 0 aliphatic rings. The predicted octanol–water partition coefficient (Wildman–Crippen LogP) is 5.60. The summed E-state index contributed by atoms with van der Waals surface area (Å²) < 4.78 is 0. The number of allylic oxidation sites excluding steroid dienone is 1. The first-order valence-corrected chi connectivity index (χ1v) is 6.74. The summed E-state index contributed by atoms with van der Waals surface area (Å²) in [5.41, 5.74) is 3.67. The summed E-state index contributed by atoms with van der Waals surface area (Å²) in [7, 11) is 0. The molecular weight excluding hydrogens is 278 g/mol. The van der Waals surface area contributed by atoms with Gasteiger partial charge in [0, 0.05) is 5.71 Å². The van der Waals surface area contributed by atoms with Crippen LogP contribution in [0.3, 0.4) is 0 Å². The van der Waals surface area contributed by atoms with Crippen molar-refractivity contribution in [3.05, 3.63) is 69.5 Å². The van der Waals surface area contributed by atoms with Gasteiger partial charge in [0.25, 0.3) is 0 Å². The van der Waals surface area contributed by atoms with Crippen molar-refractivity contribution in [1.82, 2.24) is 0 Å². The molecule has 0 saturated carbocycles. The van der Waals surface area contributed by atoms with E-state index in [2.05, 4.69) is 15.3 Å². The molecule has 2 aromatic carbocycles. The van der Waals surface area contributed by atoms with E-state index in [1.165, 1.54) is 12.1 Å². The Bertz CT molecular complexity index is 764. The molecule has 0 aromatic heterocycles. The van der Waals surface area contributed by atoms with Gasteiger partial charge in [0.1, 0.15) is 11.4 Å². The number of hydrogen-bond donors (Lipinski definition) is 0. The molecule has 0 bridgehead atoms. The molecule has 0 N–H and O–H groups in total. The van der Waals surface area contributed by atoms with Gasteiger partial charge in [-0.3, -0.25) is 4.99 Å². The number of nitroso groups, excluding NO2 is 2. The molecule has 110 valence electrons. The highest BCUT2D eigenvalue weighted by atomic mass is 16.3. The molecule has 0 atom stereocenters. The lowest BCUT2D eigenvalue weighted by atomic mass is 10.1. The number of aliphatic imine (C=N–C) groups is 1. The fourth-order valence-corrected chi connectivity index (χ4v) is 1.93. The average Bonchev–Trinajstić information content (AvgIpc) is 2.54. The molecule has 5 nitrogen and oxygen atoms in total. The normalized spacial score (nSPS) is 11.6. The Labute approximate surface area is 128 Å². The molecule has 0 amide bonds. The Morgan fingerprint density at radius 2 is 1.68 bits per heavy atom. The Kier molecular flexibility index (Phi) is 5.03. The van der Waals surface area contributed by atoms with Crippen LogP contribution in [0, 0.1) is 16.7 Å². The zero-order valence-electron chi connectivity index (χ0n) is 12.4. The summed E-state index contributed by atoms with van der Waals surface area (Å²) in [5, 5.41) is 5.55. The summed E-state index contributed by atoms with van der Waals surface area (Å²) in [6.45, 7) is 3.90. The van der Waals surface area contributed by atoms with Gasteiger partial charge in [-0.15, -0.1) is 9.81 Å². The highest BCUT2D eigenvalue weighted by Gasteiger charge is 2.03. The largest absolute Gasteiger partial charge is 0.253 e. The molecule has 0 saturated heterocycles. The minimum Gasteiger partial charge on any atom is -0.253 e. The number of para-hydroxylation sites is 1. The Balaban J connectivity index is 2.23. The van der Waals surface area contributed by atoms with Crippen molar-refractivity contribution in [2.45, 2.75) is 13.8 Å². The second-order valence-electron chi connectivity index (χ2n) is 4.80. The van der Waals surface area contributed by atoms with Crippen LogP contribution in [-0.2, 0) is 0 Å². The highest BCUT2D eigenvalue weighted by molar-refractivity contribution is 5.98.